The molecule has 0 aliphatic carbocycles. The molecule has 18 heavy (non-hydrogen) atoms. The van der Waals surface area contributed by atoms with Crippen LogP contribution in [0.25, 0.3) is 0 Å². The molecule has 0 saturated carbocycles. The Morgan fingerprint density at radius 1 is 1.56 bits per heavy atom. The summed E-state index contributed by atoms with van der Waals surface area (Å²) in [5, 5.41) is 20.2. The molecule has 1 aliphatic heterocycles. The van der Waals surface area contributed by atoms with Gasteiger partial charge < -0.3 is 20.1 Å². The number of nitrogens with one attached hydrogen (secondary N) is 1. The lowest BCUT2D eigenvalue weighted by Crippen LogP contribution is -2.52. The quantitative estimate of drug-likeness (QED) is 0.740. The zero-order valence-electron chi connectivity index (χ0n) is 10.4. The number of rotatable bonds is 3. The number of nitriles is 1. The molecule has 2 amide bonds. The minimum atomic E-state index is -0.959. The van der Waals surface area contributed by atoms with Gasteiger partial charge in [0.1, 0.15) is 0 Å². The Bertz CT molecular complexity index is 366. The van der Waals surface area contributed by atoms with Gasteiger partial charge in [0.15, 0.2) is 6.10 Å². The number of amides is 2. The van der Waals surface area contributed by atoms with E-state index in [0.717, 1.165) is 0 Å². The highest BCUT2D eigenvalue weighted by Gasteiger charge is 2.27. The van der Waals surface area contributed by atoms with E-state index in [1.807, 2.05) is 6.07 Å². The second-order valence-electron chi connectivity index (χ2n) is 4.30. The van der Waals surface area contributed by atoms with Gasteiger partial charge in [-0.2, -0.15) is 5.26 Å². The number of urea groups is 1. The zero-order valence-corrected chi connectivity index (χ0v) is 10.4. The van der Waals surface area contributed by atoms with E-state index in [-0.39, 0.29) is 12.6 Å². The third kappa shape index (κ3) is 3.60. The van der Waals surface area contributed by atoms with Gasteiger partial charge >= 0.3 is 12.0 Å². The first-order chi connectivity index (χ1) is 8.45. The van der Waals surface area contributed by atoms with Crippen molar-refractivity contribution in [2.75, 3.05) is 19.7 Å². The molecule has 1 heterocycles. The molecule has 1 saturated heterocycles. The Labute approximate surface area is 105 Å². The molecule has 1 aliphatic rings. The third-order valence-electron chi connectivity index (χ3n) is 2.99. The molecular formula is C11H17N3O4. The van der Waals surface area contributed by atoms with E-state index in [2.05, 4.69) is 5.32 Å². The molecular weight excluding hydrogens is 238 g/mol. The Morgan fingerprint density at radius 3 is 2.78 bits per heavy atom. The van der Waals surface area contributed by atoms with Crippen molar-refractivity contribution >= 4 is 12.0 Å². The number of carboxylic acid groups (broad SMARTS) is 1. The molecule has 0 aromatic heterocycles. The molecule has 100 valence electrons. The third-order valence-corrected chi connectivity index (χ3v) is 2.99. The van der Waals surface area contributed by atoms with Gasteiger partial charge in [0.05, 0.1) is 25.1 Å². The maximum Gasteiger partial charge on any atom is 0.317 e. The van der Waals surface area contributed by atoms with Gasteiger partial charge in [0.2, 0.25) is 0 Å². The molecule has 1 rings (SSSR count). The molecule has 0 spiro atoms. The standard InChI is InChI=1S/C11H17N3O4/c1-7(10(15)16)8(2)13-11(17)14-3-4-18-9(5-12)6-14/h7-9H,3-4,6H2,1-2H3,(H,13,17)(H,15,16). The average molecular weight is 255 g/mol. The van der Waals surface area contributed by atoms with Crippen LogP contribution in [0.4, 0.5) is 4.79 Å². The Kier molecular flexibility index (Phi) is 4.92. The van der Waals surface area contributed by atoms with E-state index < -0.39 is 24.0 Å². The first-order valence-corrected chi connectivity index (χ1v) is 5.75. The maximum absolute atomic E-state index is 11.9. The lowest BCUT2D eigenvalue weighted by atomic mass is 10.0. The van der Waals surface area contributed by atoms with Crippen LogP contribution < -0.4 is 5.32 Å². The van der Waals surface area contributed by atoms with Gasteiger partial charge in [0, 0.05) is 12.6 Å². The van der Waals surface area contributed by atoms with Gasteiger partial charge in [-0.15, -0.1) is 0 Å². The highest BCUT2D eigenvalue weighted by Crippen LogP contribution is 2.07. The molecule has 0 radical (unpaired) electrons. The summed E-state index contributed by atoms with van der Waals surface area (Å²) >= 11 is 0. The number of hydrogen-bond donors (Lipinski definition) is 2. The monoisotopic (exact) mass is 255 g/mol. The van der Waals surface area contributed by atoms with Crippen LogP contribution in [0, 0.1) is 17.2 Å². The van der Waals surface area contributed by atoms with Crippen molar-refractivity contribution in [1.29, 1.82) is 5.26 Å². The fraction of sp³-hybridized carbons (Fsp3) is 0.727. The van der Waals surface area contributed by atoms with Gasteiger partial charge in [-0.3, -0.25) is 4.79 Å². The minimum Gasteiger partial charge on any atom is -0.481 e. The number of morpholine rings is 1. The molecule has 0 bridgehead atoms. The molecule has 0 aromatic rings. The zero-order chi connectivity index (χ0) is 13.7. The van der Waals surface area contributed by atoms with E-state index in [1.165, 1.54) is 11.8 Å². The van der Waals surface area contributed by atoms with Crippen LogP contribution in [-0.4, -0.2) is 53.8 Å². The highest BCUT2D eigenvalue weighted by atomic mass is 16.5. The van der Waals surface area contributed by atoms with Crippen LogP contribution in [0.3, 0.4) is 0 Å². The van der Waals surface area contributed by atoms with E-state index in [4.69, 9.17) is 15.1 Å². The van der Waals surface area contributed by atoms with Crippen molar-refractivity contribution in [2.24, 2.45) is 5.92 Å². The van der Waals surface area contributed by atoms with Crippen LogP contribution in [0.5, 0.6) is 0 Å². The fourth-order valence-electron chi connectivity index (χ4n) is 1.54. The Hall–Kier alpha value is -1.81. The number of aliphatic carboxylic acids is 1. The van der Waals surface area contributed by atoms with E-state index in [0.29, 0.717) is 13.2 Å². The van der Waals surface area contributed by atoms with Crippen molar-refractivity contribution in [2.45, 2.75) is 26.0 Å². The lowest BCUT2D eigenvalue weighted by Gasteiger charge is -2.31. The highest BCUT2D eigenvalue weighted by molar-refractivity contribution is 5.76. The molecule has 3 unspecified atom stereocenters. The fourth-order valence-corrected chi connectivity index (χ4v) is 1.54. The summed E-state index contributed by atoms with van der Waals surface area (Å²) in [6.07, 6.45) is -0.614. The van der Waals surface area contributed by atoms with Crippen molar-refractivity contribution in [3.63, 3.8) is 0 Å². The molecule has 3 atom stereocenters. The SMILES string of the molecule is CC(NC(=O)N1CCOC(C#N)C1)C(C)C(=O)O. The van der Waals surface area contributed by atoms with E-state index in [9.17, 15) is 9.59 Å². The summed E-state index contributed by atoms with van der Waals surface area (Å²) in [5.74, 6) is -1.62. The van der Waals surface area contributed by atoms with E-state index in [1.54, 1.807) is 6.92 Å². The number of carboxylic acids is 1. The summed E-state index contributed by atoms with van der Waals surface area (Å²) < 4.78 is 5.12. The molecule has 7 nitrogen and oxygen atoms in total. The summed E-state index contributed by atoms with van der Waals surface area (Å²) in [6, 6.07) is 1.11. The van der Waals surface area contributed by atoms with E-state index >= 15 is 0 Å². The second-order valence-corrected chi connectivity index (χ2v) is 4.30. The topological polar surface area (TPSA) is 103 Å². The normalized spacial score (nSPS) is 22.7. The smallest absolute Gasteiger partial charge is 0.317 e. The van der Waals surface area contributed by atoms with Crippen molar-refractivity contribution in [1.82, 2.24) is 10.2 Å². The minimum absolute atomic E-state index is 0.205. The summed E-state index contributed by atoms with van der Waals surface area (Å²) in [7, 11) is 0. The maximum atomic E-state index is 11.9. The predicted molar refractivity (Wildman–Crippen MR) is 61.7 cm³/mol. The van der Waals surface area contributed by atoms with Crippen molar-refractivity contribution in [3.8, 4) is 6.07 Å². The summed E-state index contributed by atoms with van der Waals surface area (Å²) in [5.41, 5.74) is 0. The number of hydrogen-bond acceptors (Lipinski definition) is 4. The number of nitrogens with zero attached hydrogens (tertiary/aromatic N) is 2. The van der Waals surface area contributed by atoms with Crippen LogP contribution >= 0.6 is 0 Å². The molecule has 2 N–H and O–H groups in total. The predicted octanol–water partition coefficient (Wildman–Crippen LogP) is 0.0296. The molecule has 1 fully saturated rings. The van der Waals surface area contributed by atoms with Gasteiger partial charge in [-0.25, -0.2) is 4.79 Å². The van der Waals surface area contributed by atoms with Gasteiger partial charge in [-0.1, -0.05) is 0 Å². The van der Waals surface area contributed by atoms with Crippen LogP contribution in [0.15, 0.2) is 0 Å². The molecule has 0 aromatic carbocycles. The van der Waals surface area contributed by atoms with Crippen molar-refractivity contribution in [3.05, 3.63) is 0 Å². The molecule has 7 heteroatoms. The summed E-state index contributed by atoms with van der Waals surface area (Å²) in [4.78, 5) is 24.1. The number of carbonyl (C=O) groups is 2. The summed E-state index contributed by atoms with van der Waals surface area (Å²) in [6.45, 7) is 4.09. The number of ether oxygens (including phenoxy) is 1. The number of carbonyl (C=O) groups excluding carboxylic acids is 1. The Morgan fingerprint density at radius 2 is 2.22 bits per heavy atom. The largest absolute Gasteiger partial charge is 0.481 e. The average Bonchev–Trinajstić information content (AvgIpc) is 2.37. The van der Waals surface area contributed by atoms with Gasteiger partial charge in [-0.05, 0) is 13.8 Å². The van der Waals surface area contributed by atoms with Gasteiger partial charge in [0.25, 0.3) is 0 Å². The first-order valence-electron chi connectivity index (χ1n) is 5.75. The van der Waals surface area contributed by atoms with Crippen LogP contribution in [0.1, 0.15) is 13.8 Å². The van der Waals surface area contributed by atoms with Crippen LogP contribution in [0.2, 0.25) is 0 Å². The first kappa shape index (κ1) is 14.3. The lowest BCUT2D eigenvalue weighted by molar-refractivity contribution is -0.141. The second kappa shape index (κ2) is 6.21. The van der Waals surface area contributed by atoms with Crippen molar-refractivity contribution < 1.29 is 19.4 Å². The van der Waals surface area contributed by atoms with Crippen LogP contribution in [-0.2, 0) is 9.53 Å². The Balaban J connectivity index is 2.50.